The number of aldehydes is 1. The lowest BCUT2D eigenvalue weighted by atomic mass is 10.1. The van der Waals surface area contributed by atoms with E-state index in [4.69, 9.17) is 24.9 Å². The number of aryl methyl sites for hydroxylation is 4. The molecule has 0 radical (unpaired) electrons. The van der Waals surface area contributed by atoms with Crippen LogP contribution in [0.15, 0.2) is 65.7 Å². The first-order valence-electron chi connectivity index (χ1n) is 23.7. The lowest BCUT2D eigenvalue weighted by Gasteiger charge is -2.35. The number of nitrogens with zero attached hydrogens (tertiary/aromatic N) is 10. The van der Waals surface area contributed by atoms with Gasteiger partial charge < -0.3 is 49.8 Å². The van der Waals surface area contributed by atoms with Crippen LogP contribution in [0.5, 0.6) is 11.5 Å². The molecule has 6 amide bonds. The summed E-state index contributed by atoms with van der Waals surface area (Å²) in [5, 5.41) is 17.6. The van der Waals surface area contributed by atoms with Gasteiger partial charge in [0.05, 0.1) is 36.4 Å². The predicted molar refractivity (Wildman–Crippen MR) is 275 cm³/mol. The number of piperazine rings is 1. The van der Waals surface area contributed by atoms with Crippen LogP contribution in [0.25, 0.3) is 11.0 Å². The minimum absolute atomic E-state index is 0.00309. The number of fused-ring (bicyclic) bond motifs is 1. The van der Waals surface area contributed by atoms with Crippen molar-refractivity contribution in [3.8, 4) is 11.5 Å². The number of urea groups is 1. The third-order valence-corrected chi connectivity index (χ3v) is 11.4. The molecule has 0 saturated carbocycles. The van der Waals surface area contributed by atoms with Crippen molar-refractivity contribution in [3.05, 3.63) is 94.6 Å². The van der Waals surface area contributed by atoms with Crippen LogP contribution in [0.1, 0.15) is 87.7 Å². The zero-order valence-corrected chi connectivity index (χ0v) is 42.6. The minimum Gasteiger partial charge on any atom is -0.494 e. The number of rotatable bonds is 21. The number of allylic oxidation sites excluding steroid dienone is 1. The molecule has 1 aliphatic heterocycles. The molecule has 73 heavy (non-hydrogen) atoms. The number of imidazole rings is 1. The van der Waals surface area contributed by atoms with E-state index in [9.17, 15) is 28.8 Å². The van der Waals surface area contributed by atoms with Crippen LogP contribution in [-0.4, -0.2) is 147 Å². The summed E-state index contributed by atoms with van der Waals surface area (Å²) >= 11 is 0. The van der Waals surface area contributed by atoms with Gasteiger partial charge in [-0.15, -0.1) is 0 Å². The molecule has 23 nitrogen and oxygen atoms in total. The van der Waals surface area contributed by atoms with E-state index >= 15 is 0 Å². The molecule has 6 rings (SSSR count). The molecule has 4 heterocycles. The highest BCUT2D eigenvalue weighted by atomic mass is 16.6. The lowest BCUT2D eigenvalue weighted by molar-refractivity contribution is 0.0170. The number of aliphatic imine (C=N–C) groups is 1. The van der Waals surface area contributed by atoms with Gasteiger partial charge in [0.25, 0.3) is 11.8 Å². The first-order valence-corrected chi connectivity index (χ1v) is 23.7. The molecule has 23 heteroatoms. The van der Waals surface area contributed by atoms with Crippen molar-refractivity contribution in [3.63, 3.8) is 0 Å². The Labute approximate surface area is 423 Å². The molecule has 0 atom stereocenters. The summed E-state index contributed by atoms with van der Waals surface area (Å²) in [6, 6.07) is 9.21. The fraction of sp³-hybridized carbons (Fsp3) is 0.400. The Hall–Kier alpha value is -8.50. The summed E-state index contributed by atoms with van der Waals surface area (Å²) in [6.07, 6.45) is 7.33. The maximum Gasteiger partial charge on any atom is 0.410 e. The SMILES string of the molecule is C=Nc1cc(C=O)cc(OC)c1N(C/C=C/Cn1c(NC(=O)c2cc(C)nn2CC)nc2cc(C(N)=O)cc(OC/C=C/CNC(=O)N3CCN(C(=O)OC(C)(C)C)CC3)c21)CNC(=O)c1cc(C)nn1CC. The van der Waals surface area contributed by atoms with Crippen LogP contribution in [0.3, 0.4) is 0 Å². The van der Waals surface area contributed by atoms with Crippen molar-refractivity contribution in [2.75, 3.05) is 69.9 Å². The number of methoxy groups -OCH3 is 1. The van der Waals surface area contributed by atoms with E-state index in [0.29, 0.717) is 102 Å². The van der Waals surface area contributed by atoms with Crippen molar-refractivity contribution < 1.29 is 43.0 Å². The molecule has 0 bridgehead atoms. The number of nitrogens with two attached hydrogens (primary N) is 1. The van der Waals surface area contributed by atoms with E-state index in [0.717, 1.165) is 0 Å². The Kier molecular flexibility index (Phi) is 17.8. The van der Waals surface area contributed by atoms with Crippen molar-refractivity contribution in [1.82, 2.24) is 49.5 Å². The Morgan fingerprint density at radius 2 is 1.51 bits per heavy atom. The van der Waals surface area contributed by atoms with E-state index < -0.39 is 23.5 Å². The Morgan fingerprint density at radius 3 is 2.11 bits per heavy atom. The number of anilines is 2. The van der Waals surface area contributed by atoms with Crippen LogP contribution in [0, 0.1) is 13.8 Å². The number of nitrogens with one attached hydrogen (secondary N) is 3. The van der Waals surface area contributed by atoms with E-state index in [1.807, 2.05) is 26.0 Å². The average molecular weight is 1010 g/mol. The van der Waals surface area contributed by atoms with Crippen LogP contribution in [0.2, 0.25) is 0 Å². The molecule has 388 valence electrons. The van der Waals surface area contributed by atoms with Gasteiger partial charge in [-0.1, -0.05) is 18.2 Å². The molecule has 5 N–H and O–H groups in total. The molecule has 5 aromatic rings. The van der Waals surface area contributed by atoms with E-state index in [-0.39, 0.29) is 62.1 Å². The smallest absolute Gasteiger partial charge is 0.410 e. The number of ether oxygens (including phenoxy) is 3. The molecule has 1 saturated heterocycles. The molecule has 0 spiro atoms. The third kappa shape index (κ3) is 13.5. The number of aromatic nitrogens is 6. The molecular weight excluding hydrogens is 941 g/mol. The highest BCUT2D eigenvalue weighted by Gasteiger charge is 2.28. The number of hydrogen-bond acceptors (Lipinski definition) is 14. The van der Waals surface area contributed by atoms with Gasteiger partial charge in [-0.3, -0.25) is 38.9 Å². The fourth-order valence-corrected chi connectivity index (χ4v) is 7.98. The van der Waals surface area contributed by atoms with Gasteiger partial charge in [-0.05, 0) is 97.7 Å². The van der Waals surface area contributed by atoms with Crippen LogP contribution in [0.4, 0.5) is 26.9 Å². The summed E-state index contributed by atoms with van der Waals surface area (Å²) in [5.74, 6) is -0.911. The van der Waals surface area contributed by atoms with Gasteiger partial charge in [-0.25, -0.2) is 14.6 Å². The molecule has 0 unspecified atom stereocenters. The first kappa shape index (κ1) is 53.8. The Balaban J connectivity index is 1.26. The Morgan fingerprint density at radius 1 is 0.849 bits per heavy atom. The summed E-state index contributed by atoms with van der Waals surface area (Å²) in [7, 11) is 1.46. The summed E-state index contributed by atoms with van der Waals surface area (Å²) in [6.45, 7) is 19.2. The second-order valence-corrected chi connectivity index (χ2v) is 17.8. The number of carbonyl (C=O) groups excluding carboxylic acids is 6. The van der Waals surface area contributed by atoms with Crippen molar-refractivity contribution in [1.29, 1.82) is 0 Å². The van der Waals surface area contributed by atoms with Crippen molar-refractivity contribution >= 4 is 71.2 Å². The van der Waals surface area contributed by atoms with Crippen LogP contribution in [-0.2, 0) is 24.4 Å². The molecular formula is C50H64N14O9. The fourth-order valence-electron chi connectivity index (χ4n) is 7.98. The average Bonchev–Trinajstić information content (AvgIpc) is 4.06. The zero-order chi connectivity index (χ0) is 53.0. The van der Waals surface area contributed by atoms with Crippen LogP contribution >= 0.6 is 0 Å². The first-order chi connectivity index (χ1) is 34.9. The maximum absolute atomic E-state index is 13.9. The predicted octanol–water partition coefficient (Wildman–Crippen LogP) is 5.24. The van der Waals surface area contributed by atoms with Crippen LogP contribution < -0.4 is 36.1 Å². The second-order valence-electron chi connectivity index (χ2n) is 17.8. The molecule has 1 fully saturated rings. The molecule has 2 aromatic carbocycles. The van der Waals surface area contributed by atoms with Gasteiger partial charge in [0.15, 0.2) is 0 Å². The lowest BCUT2D eigenvalue weighted by Crippen LogP contribution is -2.53. The monoisotopic (exact) mass is 1000 g/mol. The van der Waals surface area contributed by atoms with Crippen molar-refractivity contribution in [2.24, 2.45) is 10.7 Å². The maximum atomic E-state index is 13.9. The van der Waals surface area contributed by atoms with Gasteiger partial charge in [0.1, 0.15) is 52.6 Å². The quantitative estimate of drug-likeness (QED) is 0.0318. The summed E-state index contributed by atoms with van der Waals surface area (Å²) in [4.78, 5) is 91.4. The normalized spacial score (nSPS) is 12.8. The van der Waals surface area contributed by atoms with E-state index in [1.54, 1.807) is 99.7 Å². The molecule has 1 aliphatic rings. The number of primary amides is 1. The molecule has 3 aromatic heterocycles. The van der Waals surface area contributed by atoms with Gasteiger partial charge in [0.2, 0.25) is 11.9 Å². The summed E-state index contributed by atoms with van der Waals surface area (Å²) in [5.41, 5.74) is 9.12. The Bertz CT molecular complexity index is 2920. The standard InChI is InChI=1S/C50H64N14O9/c1-10-63-38(24-32(3)57-63)45(67)54-31-61(42-36(52-8)26-34(30-65)27-40(42)71-9)17-13-14-18-62-43-37(55-47(62)56-46(68)39-25-33(4)58-64(39)11-2)28-35(44(51)66)29-41(43)72-23-15-12-16-53-48(69)59-19-21-60(22-20-59)49(70)73-50(5,6)7/h12-15,24-30H,8,10-11,16-23,31H2,1-7,9H3,(H2,51,66)(H,53,69)(H,54,67)(H,55,56,68)/b14-13+,15-12+. The summed E-state index contributed by atoms with van der Waals surface area (Å²) < 4.78 is 22.4. The number of amides is 6. The number of carbonyl (C=O) groups is 6. The highest BCUT2D eigenvalue weighted by molar-refractivity contribution is 6.04. The largest absolute Gasteiger partial charge is 0.494 e. The van der Waals surface area contributed by atoms with E-state index in [2.05, 4.69) is 37.9 Å². The molecule has 0 aliphatic carbocycles. The van der Waals surface area contributed by atoms with E-state index in [1.165, 1.54) is 19.2 Å². The number of benzene rings is 2. The second kappa shape index (κ2) is 24.1. The van der Waals surface area contributed by atoms with Crippen molar-refractivity contribution in [2.45, 2.75) is 73.7 Å². The van der Waals surface area contributed by atoms with Gasteiger partial charge in [0, 0.05) is 70.0 Å². The minimum atomic E-state index is -0.731. The van der Waals surface area contributed by atoms with Gasteiger partial charge in [-0.2, -0.15) is 10.2 Å². The number of hydrogen-bond donors (Lipinski definition) is 4. The zero-order valence-electron chi connectivity index (χ0n) is 42.6. The topological polar surface area (TPSA) is 268 Å². The highest BCUT2D eigenvalue weighted by Crippen LogP contribution is 2.39. The van der Waals surface area contributed by atoms with Gasteiger partial charge >= 0.3 is 12.1 Å². The third-order valence-electron chi connectivity index (χ3n) is 11.4.